The Morgan fingerprint density at radius 3 is 2.45 bits per heavy atom. The molecule has 0 aliphatic rings. The van der Waals surface area contributed by atoms with Gasteiger partial charge >= 0.3 is 6.18 Å². The lowest BCUT2D eigenvalue weighted by molar-refractivity contribution is -0.138. The zero-order valence-electron chi connectivity index (χ0n) is 10.1. The van der Waals surface area contributed by atoms with Crippen molar-refractivity contribution in [2.75, 3.05) is 5.32 Å². The van der Waals surface area contributed by atoms with Gasteiger partial charge in [-0.05, 0) is 45.8 Å². The zero-order chi connectivity index (χ0) is 14.8. The van der Waals surface area contributed by atoms with Crippen LogP contribution in [0.2, 0.25) is 5.02 Å². The van der Waals surface area contributed by atoms with Crippen LogP contribution in [0.25, 0.3) is 0 Å². The van der Waals surface area contributed by atoms with E-state index >= 15 is 0 Å². The predicted molar refractivity (Wildman–Crippen MR) is 77.9 cm³/mol. The maximum absolute atomic E-state index is 12.8. The van der Waals surface area contributed by atoms with Gasteiger partial charge in [-0.15, -0.1) is 0 Å². The van der Waals surface area contributed by atoms with Crippen LogP contribution in [0.1, 0.15) is 11.1 Å². The fraction of sp³-hybridized carbons (Fsp3) is 0.143. The molecule has 0 amide bonds. The monoisotopic (exact) mass is 363 g/mol. The van der Waals surface area contributed by atoms with E-state index in [4.69, 9.17) is 11.6 Å². The first-order valence-electron chi connectivity index (χ1n) is 5.72. The van der Waals surface area contributed by atoms with Crippen LogP contribution in [0, 0.1) is 0 Å². The fourth-order valence-corrected chi connectivity index (χ4v) is 2.18. The van der Waals surface area contributed by atoms with Crippen molar-refractivity contribution in [2.24, 2.45) is 0 Å². The first-order chi connectivity index (χ1) is 9.38. The minimum atomic E-state index is -4.35. The van der Waals surface area contributed by atoms with Gasteiger partial charge in [0.15, 0.2) is 0 Å². The van der Waals surface area contributed by atoms with Crippen molar-refractivity contribution in [1.29, 1.82) is 0 Å². The van der Waals surface area contributed by atoms with Crippen LogP contribution in [-0.4, -0.2) is 0 Å². The summed E-state index contributed by atoms with van der Waals surface area (Å²) in [5.41, 5.74) is 0.227. The number of rotatable bonds is 3. The van der Waals surface area contributed by atoms with Gasteiger partial charge in [0.2, 0.25) is 0 Å². The second kappa shape index (κ2) is 6.06. The smallest absolute Gasteiger partial charge is 0.381 e. The number of anilines is 1. The number of hydrogen-bond donors (Lipinski definition) is 1. The average molecular weight is 365 g/mol. The van der Waals surface area contributed by atoms with Gasteiger partial charge in [-0.1, -0.05) is 29.8 Å². The standard InChI is InChI=1S/C14H10BrClF3N/c15-12-6-5-10(7-13(12)16)20-8-9-3-1-2-4-11(9)14(17,18)19/h1-7,20H,8H2. The lowest BCUT2D eigenvalue weighted by Gasteiger charge is -2.14. The average Bonchev–Trinajstić information content (AvgIpc) is 2.39. The summed E-state index contributed by atoms with van der Waals surface area (Å²) >= 11 is 9.19. The van der Waals surface area contributed by atoms with Crippen LogP contribution in [0.4, 0.5) is 18.9 Å². The van der Waals surface area contributed by atoms with Crippen molar-refractivity contribution >= 4 is 33.2 Å². The molecule has 20 heavy (non-hydrogen) atoms. The zero-order valence-corrected chi connectivity index (χ0v) is 12.5. The molecular weight excluding hydrogens is 355 g/mol. The molecule has 0 spiro atoms. The van der Waals surface area contributed by atoms with Crippen LogP contribution in [0.15, 0.2) is 46.9 Å². The summed E-state index contributed by atoms with van der Waals surface area (Å²) in [6.45, 7) is 0.0770. The Kier molecular flexibility index (Phi) is 4.60. The van der Waals surface area contributed by atoms with Crippen molar-refractivity contribution in [3.05, 3.63) is 63.1 Å². The van der Waals surface area contributed by atoms with Gasteiger partial charge in [-0.3, -0.25) is 0 Å². The van der Waals surface area contributed by atoms with Crippen LogP contribution in [-0.2, 0) is 12.7 Å². The van der Waals surface area contributed by atoms with Gasteiger partial charge in [0.05, 0.1) is 10.6 Å². The molecule has 2 aromatic carbocycles. The highest BCUT2D eigenvalue weighted by Gasteiger charge is 2.32. The number of alkyl halides is 3. The topological polar surface area (TPSA) is 12.0 Å². The number of halogens is 5. The Hall–Kier alpha value is -1.20. The van der Waals surface area contributed by atoms with Crippen molar-refractivity contribution < 1.29 is 13.2 Å². The van der Waals surface area contributed by atoms with E-state index in [0.717, 1.165) is 10.5 Å². The summed E-state index contributed by atoms with van der Waals surface area (Å²) in [6.07, 6.45) is -4.35. The number of hydrogen-bond acceptors (Lipinski definition) is 1. The summed E-state index contributed by atoms with van der Waals surface area (Å²) in [6, 6.07) is 10.6. The van der Waals surface area contributed by atoms with E-state index in [1.54, 1.807) is 24.3 Å². The van der Waals surface area contributed by atoms with E-state index in [-0.39, 0.29) is 12.1 Å². The second-order valence-corrected chi connectivity index (χ2v) is 5.40. The Bertz CT molecular complexity index is 614. The predicted octanol–water partition coefficient (Wildman–Crippen LogP) is 5.73. The van der Waals surface area contributed by atoms with Crippen molar-refractivity contribution in [3.63, 3.8) is 0 Å². The molecule has 106 valence electrons. The molecule has 0 aromatic heterocycles. The first kappa shape index (κ1) is 15.2. The number of benzene rings is 2. The fourth-order valence-electron chi connectivity index (χ4n) is 1.75. The molecule has 0 unspecified atom stereocenters. The van der Waals surface area contributed by atoms with Gasteiger partial charge in [0.1, 0.15) is 0 Å². The number of nitrogens with one attached hydrogen (secondary N) is 1. The summed E-state index contributed by atoms with van der Waals surface area (Å²) in [7, 11) is 0. The Morgan fingerprint density at radius 2 is 1.80 bits per heavy atom. The first-order valence-corrected chi connectivity index (χ1v) is 6.89. The molecule has 0 heterocycles. The summed E-state index contributed by atoms with van der Waals surface area (Å²) < 4.78 is 39.2. The summed E-state index contributed by atoms with van der Waals surface area (Å²) in [5.74, 6) is 0. The van der Waals surface area contributed by atoms with E-state index in [0.29, 0.717) is 10.7 Å². The molecular formula is C14H10BrClF3N. The SMILES string of the molecule is FC(F)(F)c1ccccc1CNc1ccc(Br)c(Cl)c1. The Labute approximate surface area is 127 Å². The van der Waals surface area contributed by atoms with E-state index in [1.807, 2.05) is 0 Å². The highest BCUT2D eigenvalue weighted by molar-refractivity contribution is 9.10. The molecule has 1 nitrogen and oxygen atoms in total. The molecule has 0 aliphatic carbocycles. The lowest BCUT2D eigenvalue weighted by Crippen LogP contribution is -2.11. The van der Waals surface area contributed by atoms with Crippen molar-refractivity contribution in [3.8, 4) is 0 Å². The quantitative estimate of drug-likeness (QED) is 0.733. The van der Waals surface area contributed by atoms with E-state index in [9.17, 15) is 13.2 Å². The third-order valence-electron chi connectivity index (χ3n) is 2.73. The minimum absolute atomic E-state index is 0.0770. The molecule has 2 aromatic rings. The van der Waals surface area contributed by atoms with Crippen LogP contribution >= 0.6 is 27.5 Å². The van der Waals surface area contributed by atoms with Gasteiger partial charge in [-0.2, -0.15) is 13.2 Å². The van der Waals surface area contributed by atoms with E-state index in [1.165, 1.54) is 12.1 Å². The van der Waals surface area contributed by atoms with Gasteiger partial charge in [0, 0.05) is 16.7 Å². The molecule has 0 saturated carbocycles. The summed E-state index contributed by atoms with van der Waals surface area (Å²) in [5, 5.41) is 3.44. The van der Waals surface area contributed by atoms with Gasteiger partial charge in [0.25, 0.3) is 0 Å². The second-order valence-electron chi connectivity index (χ2n) is 4.14. The highest BCUT2D eigenvalue weighted by Crippen LogP contribution is 2.32. The maximum Gasteiger partial charge on any atom is 0.416 e. The molecule has 0 radical (unpaired) electrons. The Balaban J connectivity index is 2.17. The third kappa shape index (κ3) is 3.67. The van der Waals surface area contributed by atoms with Crippen LogP contribution in [0.5, 0.6) is 0 Å². The molecule has 6 heteroatoms. The summed E-state index contributed by atoms with van der Waals surface area (Å²) in [4.78, 5) is 0. The van der Waals surface area contributed by atoms with E-state index < -0.39 is 11.7 Å². The van der Waals surface area contributed by atoms with Gasteiger partial charge < -0.3 is 5.32 Å². The van der Waals surface area contributed by atoms with Gasteiger partial charge in [-0.25, -0.2) is 0 Å². The normalized spacial score (nSPS) is 11.4. The van der Waals surface area contributed by atoms with Crippen molar-refractivity contribution in [2.45, 2.75) is 12.7 Å². The lowest BCUT2D eigenvalue weighted by atomic mass is 10.1. The maximum atomic E-state index is 12.8. The minimum Gasteiger partial charge on any atom is -0.381 e. The molecule has 0 atom stereocenters. The molecule has 0 aliphatic heterocycles. The van der Waals surface area contributed by atoms with E-state index in [2.05, 4.69) is 21.2 Å². The molecule has 0 bridgehead atoms. The largest absolute Gasteiger partial charge is 0.416 e. The van der Waals surface area contributed by atoms with Crippen molar-refractivity contribution in [1.82, 2.24) is 0 Å². The third-order valence-corrected chi connectivity index (χ3v) is 3.96. The molecule has 0 fully saturated rings. The highest BCUT2D eigenvalue weighted by atomic mass is 79.9. The molecule has 1 N–H and O–H groups in total. The van der Waals surface area contributed by atoms with Crippen LogP contribution < -0.4 is 5.32 Å². The Morgan fingerprint density at radius 1 is 1.10 bits per heavy atom. The van der Waals surface area contributed by atoms with Crippen LogP contribution in [0.3, 0.4) is 0 Å². The molecule has 0 saturated heterocycles. The molecule has 2 rings (SSSR count).